The van der Waals surface area contributed by atoms with E-state index in [1.807, 2.05) is 5.43 Å². The Bertz CT molecular complexity index is 720. The summed E-state index contributed by atoms with van der Waals surface area (Å²) in [4.78, 5) is 34.7. The van der Waals surface area contributed by atoms with Crippen LogP contribution in [0.25, 0.3) is 0 Å². The summed E-state index contributed by atoms with van der Waals surface area (Å²) in [6.45, 7) is -0.331. The zero-order valence-corrected chi connectivity index (χ0v) is 13.2. The maximum atomic E-state index is 11.6. The van der Waals surface area contributed by atoms with Crippen LogP contribution in [0.3, 0.4) is 0 Å². The van der Waals surface area contributed by atoms with E-state index in [0.29, 0.717) is 16.5 Å². The van der Waals surface area contributed by atoms with Gasteiger partial charge in [0.05, 0.1) is 0 Å². The van der Waals surface area contributed by atoms with Gasteiger partial charge in [0.1, 0.15) is 5.75 Å². The minimum absolute atomic E-state index is 0.331. The molecule has 0 saturated carbocycles. The Morgan fingerprint density at radius 3 is 2.21 bits per heavy atom. The van der Waals surface area contributed by atoms with E-state index in [9.17, 15) is 14.4 Å². The second-order valence-electron chi connectivity index (χ2n) is 4.57. The Hall–Kier alpha value is -3.06. The molecule has 0 aliphatic heterocycles. The fraction of sp³-hybridized carbons (Fsp3) is 0.0625. The number of carbonyl (C=O) groups excluding carboxylic acids is 3. The van der Waals surface area contributed by atoms with Crippen molar-refractivity contribution in [1.29, 1.82) is 0 Å². The quantitative estimate of drug-likeness (QED) is 0.577. The molecule has 0 aliphatic rings. The van der Waals surface area contributed by atoms with E-state index < -0.39 is 17.7 Å². The van der Waals surface area contributed by atoms with E-state index in [-0.39, 0.29) is 6.61 Å². The van der Waals surface area contributed by atoms with Gasteiger partial charge in [0.2, 0.25) is 0 Å². The van der Waals surface area contributed by atoms with E-state index in [4.69, 9.17) is 16.3 Å². The number of ether oxygens (including phenoxy) is 1. The van der Waals surface area contributed by atoms with E-state index in [1.165, 1.54) is 0 Å². The Morgan fingerprint density at radius 1 is 0.875 bits per heavy atom. The third kappa shape index (κ3) is 5.62. The predicted octanol–water partition coefficient (Wildman–Crippen LogP) is 1.50. The normalized spacial score (nSPS) is 9.71. The molecule has 0 unspecified atom stereocenters. The van der Waals surface area contributed by atoms with Gasteiger partial charge in [0.25, 0.3) is 5.91 Å². The van der Waals surface area contributed by atoms with Gasteiger partial charge in [-0.3, -0.25) is 25.2 Å². The minimum atomic E-state index is -1.00. The monoisotopic (exact) mass is 347 g/mol. The van der Waals surface area contributed by atoms with Crippen LogP contribution in [0.2, 0.25) is 5.02 Å². The zero-order chi connectivity index (χ0) is 17.4. The number of hydrogen-bond acceptors (Lipinski definition) is 4. The van der Waals surface area contributed by atoms with Crippen molar-refractivity contribution in [3.05, 3.63) is 59.6 Å². The number of anilines is 1. The van der Waals surface area contributed by atoms with Gasteiger partial charge in [-0.05, 0) is 36.4 Å². The molecule has 24 heavy (non-hydrogen) atoms. The number of halogens is 1. The van der Waals surface area contributed by atoms with Crippen molar-refractivity contribution >= 4 is 35.0 Å². The molecular formula is C16H14ClN3O4. The van der Waals surface area contributed by atoms with Gasteiger partial charge in [-0.15, -0.1) is 0 Å². The molecule has 0 bridgehead atoms. The number of hydrogen-bond donors (Lipinski definition) is 3. The van der Waals surface area contributed by atoms with E-state index in [0.717, 1.165) is 0 Å². The largest absolute Gasteiger partial charge is 0.484 e. The van der Waals surface area contributed by atoms with Crippen LogP contribution in [0.15, 0.2) is 54.6 Å². The average Bonchev–Trinajstić information content (AvgIpc) is 2.60. The van der Waals surface area contributed by atoms with Gasteiger partial charge < -0.3 is 10.1 Å². The van der Waals surface area contributed by atoms with Gasteiger partial charge >= 0.3 is 11.8 Å². The van der Waals surface area contributed by atoms with Crippen molar-refractivity contribution in [2.75, 3.05) is 11.9 Å². The minimum Gasteiger partial charge on any atom is -0.484 e. The second-order valence-corrected chi connectivity index (χ2v) is 5.00. The molecule has 2 aromatic carbocycles. The molecule has 0 saturated heterocycles. The first kappa shape index (κ1) is 17.3. The Morgan fingerprint density at radius 2 is 1.54 bits per heavy atom. The number of benzene rings is 2. The molecule has 0 aromatic heterocycles. The predicted molar refractivity (Wildman–Crippen MR) is 88.3 cm³/mol. The van der Waals surface area contributed by atoms with Crippen molar-refractivity contribution in [2.24, 2.45) is 0 Å². The highest BCUT2D eigenvalue weighted by molar-refractivity contribution is 6.39. The van der Waals surface area contributed by atoms with Gasteiger partial charge in [0, 0.05) is 10.7 Å². The first-order valence-corrected chi connectivity index (χ1v) is 7.26. The second kappa shape index (κ2) is 8.54. The maximum Gasteiger partial charge on any atom is 0.328 e. The highest BCUT2D eigenvalue weighted by Crippen LogP contribution is 2.15. The van der Waals surface area contributed by atoms with Crippen LogP contribution < -0.4 is 20.9 Å². The number of hydrazine groups is 1. The molecule has 0 radical (unpaired) electrons. The first-order chi connectivity index (χ1) is 11.5. The molecular weight excluding hydrogens is 334 g/mol. The van der Waals surface area contributed by atoms with Crippen molar-refractivity contribution < 1.29 is 19.1 Å². The Labute approximate surface area is 142 Å². The van der Waals surface area contributed by atoms with Crippen LogP contribution in [0.4, 0.5) is 5.69 Å². The number of nitrogens with one attached hydrogen (secondary N) is 3. The van der Waals surface area contributed by atoms with E-state index in [2.05, 4.69) is 10.7 Å². The number of carbonyl (C=O) groups is 3. The summed E-state index contributed by atoms with van der Waals surface area (Å²) in [7, 11) is 0. The molecule has 3 N–H and O–H groups in total. The third-order valence-electron chi connectivity index (χ3n) is 2.74. The molecule has 2 aromatic rings. The smallest absolute Gasteiger partial charge is 0.328 e. The first-order valence-electron chi connectivity index (χ1n) is 6.88. The molecule has 0 atom stereocenters. The van der Waals surface area contributed by atoms with Crippen LogP contribution in [0.5, 0.6) is 5.75 Å². The molecule has 0 heterocycles. The van der Waals surface area contributed by atoms with Gasteiger partial charge in [-0.25, -0.2) is 0 Å². The van der Waals surface area contributed by atoms with E-state index >= 15 is 0 Å². The van der Waals surface area contributed by atoms with Crippen LogP contribution in [-0.2, 0) is 14.4 Å². The molecule has 0 aliphatic carbocycles. The number of amides is 3. The van der Waals surface area contributed by atoms with E-state index in [1.54, 1.807) is 54.6 Å². The number of para-hydroxylation sites is 1. The van der Waals surface area contributed by atoms with Gasteiger partial charge in [-0.2, -0.15) is 0 Å². The summed E-state index contributed by atoms with van der Waals surface area (Å²) in [5, 5.41) is 2.93. The topological polar surface area (TPSA) is 96.5 Å². The van der Waals surface area contributed by atoms with Crippen LogP contribution in [0.1, 0.15) is 0 Å². The van der Waals surface area contributed by atoms with Gasteiger partial charge in [0.15, 0.2) is 6.61 Å². The lowest BCUT2D eigenvalue weighted by atomic mass is 10.3. The lowest BCUT2D eigenvalue weighted by Gasteiger charge is -2.09. The van der Waals surface area contributed by atoms with Crippen molar-refractivity contribution in [3.8, 4) is 5.75 Å². The van der Waals surface area contributed by atoms with Crippen molar-refractivity contribution in [1.82, 2.24) is 10.9 Å². The Balaban J connectivity index is 1.71. The number of rotatable bonds is 4. The molecule has 0 fully saturated rings. The fourth-order valence-electron chi connectivity index (χ4n) is 1.61. The molecule has 3 amide bonds. The Kier molecular flexibility index (Phi) is 6.16. The lowest BCUT2D eigenvalue weighted by Crippen LogP contribution is -2.48. The summed E-state index contributed by atoms with van der Waals surface area (Å²) in [6.07, 6.45) is 0. The summed E-state index contributed by atoms with van der Waals surface area (Å²) >= 11 is 5.73. The third-order valence-corrected chi connectivity index (χ3v) is 2.99. The summed E-state index contributed by atoms with van der Waals surface area (Å²) < 4.78 is 5.19. The standard InChI is InChI=1S/C16H14ClN3O4/c17-11-6-8-13(9-7-11)24-10-14(21)19-20-16(23)15(22)18-12-4-2-1-3-5-12/h1-9H,10H2,(H,18,22)(H,19,21)(H,20,23). The highest BCUT2D eigenvalue weighted by Gasteiger charge is 2.14. The summed E-state index contributed by atoms with van der Waals surface area (Å²) in [6, 6.07) is 14.9. The molecule has 2 rings (SSSR count). The van der Waals surface area contributed by atoms with Gasteiger partial charge in [-0.1, -0.05) is 29.8 Å². The average molecular weight is 348 g/mol. The van der Waals surface area contributed by atoms with Crippen LogP contribution >= 0.6 is 11.6 Å². The van der Waals surface area contributed by atoms with Crippen LogP contribution in [-0.4, -0.2) is 24.3 Å². The summed E-state index contributed by atoms with van der Waals surface area (Å²) in [5.41, 5.74) is 4.54. The maximum absolute atomic E-state index is 11.6. The van der Waals surface area contributed by atoms with Crippen molar-refractivity contribution in [3.63, 3.8) is 0 Å². The van der Waals surface area contributed by atoms with Crippen molar-refractivity contribution in [2.45, 2.75) is 0 Å². The molecule has 7 nitrogen and oxygen atoms in total. The zero-order valence-electron chi connectivity index (χ0n) is 12.4. The SMILES string of the molecule is O=C(COc1ccc(Cl)cc1)NNC(=O)C(=O)Nc1ccccc1. The highest BCUT2D eigenvalue weighted by atomic mass is 35.5. The molecule has 0 spiro atoms. The summed E-state index contributed by atoms with van der Waals surface area (Å²) in [5.74, 6) is -2.08. The molecule has 8 heteroatoms. The molecule has 124 valence electrons. The lowest BCUT2D eigenvalue weighted by molar-refractivity contribution is -0.138. The van der Waals surface area contributed by atoms with Crippen LogP contribution in [0, 0.1) is 0 Å². The fourth-order valence-corrected chi connectivity index (χ4v) is 1.73.